The Morgan fingerprint density at radius 2 is 1.93 bits per heavy atom. The third-order valence-corrected chi connectivity index (χ3v) is 2.73. The van der Waals surface area contributed by atoms with Gasteiger partial charge in [-0.25, -0.2) is 0 Å². The SMILES string of the molecule is OC1CCCC=C(c2ccccc2)C1. The largest absolute Gasteiger partial charge is 0.393 e. The molecule has 1 aliphatic rings. The van der Waals surface area contributed by atoms with E-state index in [0.29, 0.717) is 0 Å². The van der Waals surface area contributed by atoms with Gasteiger partial charge in [0.2, 0.25) is 0 Å². The summed E-state index contributed by atoms with van der Waals surface area (Å²) in [6.45, 7) is 0. The number of allylic oxidation sites excluding steroid dienone is 1. The summed E-state index contributed by atoms with van der Waals surface area (Å²) in [7, 11) is 0. The fourth-order valence-corrected chi connectivity index (χ4v) is 1.96. The van der Waals surface area contributed by atoms with Crippen molar-refractivity contribution in [2.45, 2.75) is 31.8 Å². The molecule has 74 valence electrons. The third-order valence-electron chi connectivity index (χ3n) is 2.73. The molecule has 2 rings (SSSR count). The molecule has 14 heavy (non-hydrogen) atoms. The van der Waals surface area contributed by atoms with Crippen LogP contribution in [0.1, 0.15) is 31.2 Å². The fraction of sp³-hybridized carbons (Fsp3) is 0.385. The van der Waals surface area contributed by atoms with Gasteiger partial charge in [-0.05, 0) is 36.8 Å². The van der Waals surface area contributed by atoms with E-state index in [1.54, 1.807) is 0 Å². The van der Waals surface area contributed by atoms with E-state index in [4.69, 9.17) is 0 Å². The molecule has 1 aromatic rings. The van der Waals surface area contributed by atoms with Gasteiger partial charge in [-0.3, -0.25) is 0 Å². The van der Waals surface area contributed by atoms with E-state index in [1.165, 1.54) is 11.1 Å². The van der Waals surface area contributed by atoms with Crippen LogP contribution < -0.4 is 0 Å². The van der Waals surface area contributed by atoms with E-state index < -0.39 is 0 Å². The van der Waals surface area contributed by atoms with E-state index in [1.807, 2.05) is 18.2 Å². The molecule has 0 spiro atoms. The van der Waals surface area contributed by atoms with Crippen LogP contribution in [0.25, 0.3) is 5.57 Å². The molecule has 0 radical (unpaired) electrons. The summed E-state index contributed by atoms with van der Waals surface area (Å²) < 4.78 is 0. The quantitative estimate of drug-likeness (QED) is 0.718. The number of aliphatic hydroxyl groups excluding tert-OH is 1. The van der Waals surface area contributed by atoms with E-state index in [-0.39, 0.29) is 6.10 Å². The van der Waals surface area contributed by atoms with Gasteiger partial charge in [-0.1, -0.05) is 36.4 Å². The van der Waals surface area contributed by atoms with Crippen LogP contribution in [0.15, 0.2) is 36.4 Å². The van der Waals surface area contributed by atoms with Crippen LogP contribution in [0.4, 0.5) is 0 Å². The minimum Gasteiger partial charge on any atom is -0.393 e. The van der Waals surface area contributed by atoms with E-state index in [9.17, 15) is 5.11 Å². The Kier molecular flexibility index (Phi) is 3.00. The predicted molar refractivity (Wildman–Crippen MR) is 58.9 cm³/mol. The topological polar surface area (TPSA) is 20.2 Å². The standard InChI is InChI=1S/C13H16O/c14-13-9-5-4-8-12(10-13)11-6-2-1-3-7-11/h1-3,6-8,13-14H,4-5,9-10H2. The minimum absolute atomic E-state index is 0.149. The number of rotatable bonds is 1. The molecule has 0 amide bonds. The second kappa shape index (κ2) is 4.43. The van der Waals surface area contributed by atoms with Gasteiger partial charge >= 0.3 is 0 Å². The van der Waals surface area contributed by atoms with Crippen LogP contribution in [0.5, 0.6) is 0 Å². The molecule has 0 aromatic heterocycles. The first-order valence-electron chi connectivity index (χ1n) is 5.29. The summed E-state index contributed by atoms with van der Waals surface area (Å²) in [5, 5.41) is 9.68. The van der Waals surface area contributed by atoms with Gasteiger partial charge in [-0.15, -0.1) is 0 Å². The second-order valence-electron chi connectivity index (χ2n) is 3.88. The van der Waals surface area contributed by atoms with Crippen LogP contribution in [0.3, 0.4) is 0 Å². The zero-order valence-electron chi connectivity index (χ0n) is 8.32. The van der Waals surface area contributed by atoms with Crippen molar-refractivity contribution in [3.05, 3.63) is 42.0 Å². The average molecular weight is 188 g/mol. The van der Waals surface area contributed by atoms with Gasteiger partial charge in [0.25, 0.3) is 0 Å². The van der Waals surface area contributed by atoms with Crippen molar-refractivity contribution >= 4 is 5.57 Å². The summed E-state index contributed by atoms with van der Waals surface area (Å²) in [5.41, 5.74) is 2.56. The highest BCUT2D eigenvalue weighted by Gasteiger charge is 2.11. The summed E-state index contributed by atoms with van der Waals surface area (Å²) in [6.07, 6.45) is 6.07. The maximum atomic E-state index is 9.68. The zero-order valence-corrected chi connectivity index (χ0v) is 8.32. The van der Waals surface area contributed by atoms with Crippen molar-refractivity contribution < 1.29 is 5.11 Å². The Hall–Kier alpha value is -1.08. The van der Waals surface area contributed by atoms with Crippen LogP contribution in [-0.4, -0.2) is 11.2 Å². The minimum atomic E-state index is -0.149. The molecule has 0 bridgehead atoms. The highest BCUT2D eigenvalue weighted by molar-refractivity contribution is 5.66. The van der Waals surface area contributed by atoms with E-state index in [2.05, 4.69) is 18.2 Å². The molecule has 0 saturated carbocycles. The van der Waals surface area contributed by atoms with Crippen LogP contribution >= 0.6 is 0 Å². The van der Waals surface area contributed by atoms with Crippen molar-refractivity contribution in [2.75, 3.05) is 0 Å². The molecular weight excluding hydrogens is 172 g/mol. The Morgan fingerprint density at radius 1 is 1.14 bits per heavy atom. The zero-order chi connectivity index (χ0) is 9.80. The van der Waals surface area contributed by atoms with Crippen LogP contribution in [0, 0.1) is 0 Å². The van der Waals surface area contributed by atoms with Crippen molar-refractivity contribution in [3.8, 4) is 0 Å². The monoisotopic (exact) mass is 188 g/mol. The molecule has 0 saturated heterocycles. The number of aliphatic hydroxyl groups is 1. The molecule has 0 heterocycles. The molecule has 1 nitrogen and oxygen atoms in total. The molecule has 1 N–H and O–H groups in total. The molecule has 1 aliphatic carbocycles. The van der Waals surface area contributed by atoms with Gasteiger partial charge in [-0.2, -0.15) is 0 Å². The normalized spacial score (nSPS) is 22.6. The van der Waals surface area contributed by atoms with E-state index in [0.717, 1.165) is 25.7 Å². The molecule has 1 heteroatoms. The molecular formula is C13H16O. The first-order valence-corrected chi connectivity index (χ1v) is 5.29. The number of benzene rings is 1. The first-order chi connectivity index (χ1) is 6.86. The Morgan fingerprint density at radius 3 is 2.71 bits per heavy atom. The summed E-state index contributed by atoms with van der Waals surface area (Å²) in [4.78, 5) is 0. The van der Waals surface area contributed by atoms with Crippen LogP contribution in [-0.2, 0) is 0 Å². The first kappa shape index (κ1) is 9.47. The maximum Gasteiger partial charge on any atom is 0.0580 e. The van der Waals surface area contributed by atoms with Gasteiger partial charge in [0.15, 0.2) is 0 Å². The lowest BCUT2D eigenvalue weighted by Crippen LogP contribution is -2.04. The van der Waals surface area contributed by atoms with Crippen LogP contribution in [0.2, 0.25) is 0 Å². The van der Waals surface area contributed by atoms with Gasteiger partial charge in [0, 0.05) is 0 Å². The number of hydrogen-bond acceptors (Lipinski definition) is 1. The van der Waals surface area contributed by atoms with Gasteiger partial charge in [0.05, 0.1) is 6.10 Å². The molecule has 1 unspecified atom stereocenters. The van der Waals surface area contributed by atoms with E-state index >= 15 is 0 Å². The molecule has 1 aromatic carbocycles. The molecule has 0 fully saturated rings. The Bertz CT molecular complexity index is 313. The van der Waals surface area contributed by atoms with Crippen molar-refractivity contribution in [2.24, 2.45) is 0 Å². The second-order valence-corrected chi connectivity index (χ2v) is 3.88. The molecule has 1 atom stereocenters. The number of hydrogen-bond donors (Lipinski definition) is 1. The third kappa shape index (κ3) is 2.24. The lowest BCUT2D eigenvalue weighted by molar-refractivity contribution is 0.169. The maximum absolute atomic E-state index is 9.68. The summed E-state index contributed by atoms with van der Waals surface area (Å²) >= 11 is 0. The van der Waals surface area contributed by atoms with Crippen molar-refractivity contribution in [1.82, 2.24) is 0 Å². The highest BCUT2D eigenvalue weighted by Crippen LogP contribution is 2.25. The lowest BCUT2D eigenvalue weighted by atomic mass is 10.0. The summed E-state index contributed by atoms with van der Waals surface area (Å²) in [6, 6.07) is 10.4. The Labute approximate surface area is 85.1 Å². The summed E-state index contributed by atoms with van der Waals surface area (Å²) in [5.74, 6) is 0. The highest BCUT2D eigenvalue weighted by atomic mass is 16.3. The Balaban J connectivity index is 2.20. The smallest absolute Gasteiger partial charge is 0.0580 e. The lowest BCUT2D eigenvalue weighted by Gasteiger charge is -2.09. The van der Waals surface area contributed by atoms with Gasteiger partial charge < -0.3 is 5.11 Å². The predicted octanol–water partition coefficient (Wildman–Crippen LogP) is 3.00. The molecule has 0 aliphatic heterocycles. The van der Waals surface area contributed by atoms with Crippen molar-refractivity contribution in [3.63, 3.8) is 0 Å². The van der Waals surface area contributed by atoms with Gasteiger partial charge in [0.1, 0.15) is 0 Å². The average Bonchev–Trinajstić information content (AvgIpc) is 2.44. The van der Waals surface area contributed by atoms with Crippen molar-refractivity contribution in [1.29, 1.82) is 0 Å². The fourth-order valence-electron chi connectivity index (χ4n) is 1.96.